The van der Waals surface area contributed by atoms with Gasteiger partial charge < -0.3 is 15.5 Å². The summed E-state index contributed by atoms with van der Waals surface area (Å²) < 4.78 is 0. The zero-order chi connectivity index (χ0) is 14.1. The number of carbonyl (C=O) groups excluding carboxylic acids is 1. The molecular formula is C14H18N4O2. The molecule has 2 aliphatic rings. The lowest BCUT2D eigenvalue weighted by Crippen LogP contribution is -2.29. The molecule has 3 rings (SSSR count). The maximum atomic E-state index is 11.9. The minimum absolute atomic E-state index is 0.0153. The zero-order valence-corrected chi connectivity index (χ0v) is 11.5. The van der Waals surface area contributed by atoms with Gasteiger partial charge in [-0.25, -0.2) is 4.79 Å². The van der Waals surface area contributed by atoms with Crippen LogP contribution in [-0.2, 0) is 4.84 Å². The molecule has 6 nitrogen and oxygen atoms in total. The maximum absolute atomic E-state index is 11.9. The molecular weight excluding hydrogens is 256 g/mol. The SMILES string of the molecule is CN1CCN(c2ccc(C3=NOC(CN)C3)cc2)C1=O. The van der Waals surface area contributed by atoms with Crippen LogP contribution < -0.4 is 10.6 Å². The zero-order valence-electron chi connectivity index (χ0n) is 11.5. The highest BCUT2D eigenvalue weighted by Gasteiger charge is 2.27. The van der Waals surface area contributed by atoms with E-state index in [0.717, 1.165) is 36.5 Å². The molecule has 0 spiro atoms. The number of nitrogens with two attached hydrogens (primary N) is 1. The summed E-state index contributed by atoms with van der Waals surface area (Å²) in [5, 5.41) is 4.06. The Morgan fingerprint density at radius 1 is 1.35 bits per heavy atom. The van der Waals surface area contributed by atoms with Crippen LogP contribution in [0.25, 0.3) is 0 Å². The van der Waals surface area contributed by atoms with Crippen molar-refractivity contribution in [3.05, 3.63) is 29.8 Å². The van der Waals surface area contributed by atoms with Crippen LogP contribution in [0.1, 0.15) is 12.0 Å². The molecule has 0 bridgehead atoms. The number of nitrogens with zero attached hydrogens (tertiary/aromatic N) is 3. The van der Waals surface area contributed by atoms with Gasteiger partial charge in [0.05, 0.1) is 5.71 Å². The third-order valence-corrected chi connectivity index (χ3v) is 3.72. The monoisotopic (exact) mass is 274 g/mol. The van der Waals surface area contributed by atoms with Gasteiger partial charge in [-0.1, -0.05) is 17.3 Å². The van der Waals surface area contributed by atoms with Crippen LogP contribution in [0, 0.1) is 0 Å². The Kier molecular flexibility index (Phi) is 3.31. The van der Waals surface area contributed by atoms with Crippen LogP contribution in [-0.4, -0.2) is 49.4 Å². The topological polar surface area (TPSA) is 71.2 Å². The summed E-state index contributed by atoms with van der Waals surface area (Å²) in [6.45, 7) is 1.97. The van der Waals surface area contributed by atoms with Gasteiger partial charge in [-0.2, -0.15) is 0 Å². The Labute approximate surface area is 117 Å². The Morgan fingerprint density at radius 2 is 2.10 bits per heavy atom. The molecule has 0 radical (unpaired) electrons. The van der Waals surface area contributed by atoms with Gasteiger partial charge >= 0.3 is 6.03 Å². The number of likely N-dealkylation sites (N-methyl/N-ethyl adjacent to an activating group) is 1. The lowest BCUT2D eigenvalue weighted by molar-refractivity contribution is 0.0918. The van der Waals surface area contributed by atoms with Crippen molar-refractivity contribution in [3.63, 3.8) is 0 Å². The van der Waals surface area contributed by atoms with Gasteiger partial charge in [0.25, 0.3) is 0 Å². The fourth-order valence-electron chi connectivity index (χ4n) is 2.45. The van der Waals surface area contributed by atoms with E-state index in [1.165, 1.54) is 0 Å². The third-order valence-electron chi connectivity index (χ3n) is 3.72. The lowest BCUT2D eigenvalue weighted by atomic mass is 10.0. The van der Waals surface area contributed by atoms with Crippen LogP contribution in [0.15, 0.2) is 29.4 Å². The number of amides is 2. The number of rotatable bonds is 3. The van der Waals surface area contributed by atoms with E-state index in [1.807, 2.05) is 31.3 Å². The average Bonchev–Trinajstić information content (AvgIpc) is 3.08. The van der Waals surface area contributed by atoms with Crippen LogP contribution >= 0.6 is 0 Å². The van der Waals surface area contributed by atoms with Crippen molar-refractivity contribution in [2.75, 3.05) is 31.6 Å². The number of benzene rings is 1. The number of hydrogen-bond donors (Lipinski definition) is 1. The third kappa shape index (κ3) is 2.22. The van der Waals surface area contributed by atoms with E-state index in [9.17, 15) is 4.79 Å². The summed E-state index contributed by atoms with van der Waals surface area (Å²) >= 11 is 0. The highest BCUT2D eigenvalue weighted by molar-refractivity contribution is 6.02. The number of hydrogen-bond acceptors (Lipinski definition) is 4. The first-order chi connectivity index (χ1) is 9.69. The van der Waals surface area contributed by atoms with E-state index < -0.39 is 0 Å². The molecule has 20 heavy (non-hydrogen) atoms. The van der Waals surface area contributed by atoms with Crippen molar-refractivity contribution < 1.29 is 9.63 Å². The van der Waals surface area contributed by atoms with Crippen LogP contribution in [0.5, 0.6) is 0 Å². The maximum Gasteiger partial charge on any atom is 0.324 e. The lowest BCUT2D eigenvalue weighted by Gasteiger charge is -2.16. The quantitative estimate of drug-likeness (QED) is 0.894. The standard InChI is InChI=1S/C14H18N4O2/c1-17-6-7-18(14(17)19)11-4-2-10(3-5-11)13-8-12(9-15)20-16-13/h2-5,12H,6-9,15H2,1H3. The van der Waals surface area contributed by atoms with Crippen molar-refractivity contribution in [1.82, 2.24) is 4.90 Å². The van der Waals surface area contributed by atoms with E-state index in [1.54, 1.807) is 9.80 Å². The smallest absolute Gasteiger partial charge is 0.324 e. The van der Waals surface area contributed by atoms with Gasteiger partial charge in [0.15, 0.2) is 0 Å². The van der Waals surface area contributed by atoms with Gasteiger partial charge in [-0.3, -0.25) is 4.90 Å². The highest BCUT2D eigenvalue weighted by Crippen LogP contribution is 2.22. The first-order valence-corrected chi connectivity index (χ1v) is 6.75. The van der Waals surface area contributed by atoms with Crippen molar-refractivity contribution in [2.45, 2.75) is 12.5 Å². The first-order valence-electron chi connectivity index (χ1n) is 6.75. The van der Waals surface area contributed by atoms with Crippen LogP contribution in [0.2, 0.25) is 0 Å². The molecule has 1 saturated heterocycles. The fourth-order valence-corrected chi connectivity index (χ4v) is 2.45. The molecule has 0 aromatic heterocycles. The summed E-state index contributed by atoms with van der Waals surface area (Å²) in [4.78, 5) is 20.6. The van der Waals surface area contributed by atoms with Gasteiger partial charge in [-0.05, 0) is 17.7 Å². The second kappa shape index (κ2) is 5.13. The van der Waals surface area contributed by atoms with Crippen LogP contribution in [0.4, 0.5) is 10.5 Å². The second-order valence-corrected chi connectivity index (χ2v) is 5.11. The highest BCUT2D eigenvalue weighted by atomic mass is 16.6. The van der Waals surface area contributed by atoms with Crippen molar-refractivity contribution in [3.8, 4) is 0 Å². The summed E-state index contributed by atoms with van der Waals surface area (Å²) in [5.74, 6) is 0. The summed E-state index contributed by atoms with van der Waals surface area (Å²) in [7, 11) is 1.81. The fraction of sp³-hybridized carbons (Fsp3) is 0.429. The van der Waals surface area contributed by atoms with E-state index in [4.69, 9.17) is 10.6 Å². The molecule has 1 atom stereocenters. The first kappa shape index (κ1) is 12.9. The molecule has 0 saturated carbocycles. The molecule has 2 heterocycles. The summed E-state index contributed by atoms with van der Waals surface area (Å²) in [6, 6.07) is 7.89. The number of carbonyl (C=O) groups is 1. The normalized spacial score (nSPS) is 22.2. The Morgan fingerprint density at radius 3 is 2.65 bits per heavy atom. The average molecular weight is 274 g/mol. The second-order valence-electron chi connectivity index (χ2n) is 5.11. The van der Waals surface area contributed by atoms with Gasteiger partial charge in [0.1, 0.15) is 6.10 Å². The predicted octanol–water partition coefficient (Wildman–Crippen LogP) is 1.01. The van der Waals surface area contributed by atoms with Gasteiger partial charge in [0, 0.05) is 38.8 Å². The van der Waals surface area contributed by atoms with E-state index in [0.29, 0.717) is 6.54 Å². The van der Waals surface area contributed by atoms with Gasteiger partial charge in [0.2, 0.25) is 0 Å². The van der Waals surface area contributed by atoms with Crippen LogP contribution in [0.3, 0.4) is 0 Å². The van der Waals surface area contributed by atoms with Crippen molar-refractivity contribution >= 4 is 17.4 Å². The van der Waals surface area contributed by atoms with E-state index in [2.05, 4.69) is 5.16 Å². The Balaban J connectivity index is 1.74. The molecule has 1 aromatic carbocycles. The van der Waals surface area contributed by atoms with E-state index >= 15 is 0 Å². The summed E-state index contributed by atoms with van der Waals surface area (Å²) in [5.41, 5.74) is 8.41. The predicted molar refractivity (Wildman–Crippen MR) is 76.9 cm³/mol. The Bertz CT molecular complexity index is 541. The summed E-state index contributed by atoms with van der Waals surface area (Å²) in [6.07, 6.45) is 0.722. The van der Waals surface area contributed by atoms with Gasteiger partial charge in [-0.15, -0.1) is 0 Å². The van der Waals surface area contributed by atoms with Crippen molar-refractivity contribution in [2.24, 2.45) is 10.9 Å². The number of oxime groups is 1. The Hall–Kier alpha value is -2.08. The largest absolute Gasteiger partial charge is 0.390 e. The minimum atomic E-state index is -0.0153. The minimum Gasteiger partial charge on any atom is -0.390 e. The number of anilines is 1. The molecule has 0 aliphatic carbocycles. The van der Waals surface area contributed by atoms with E-state index in [-0.39, 0.29) is 12.1 Å². The molecule has 1 fully saturated rings. The molecule has 2 amide bonds. The van der Waals surface area contributed by atoms with Crippen molar-refractivity contribution in [1.29, 1.82) is 0 Å². The molecule has 2 N–H and O–H groups in total. The molecule has 1 aromatic rings. The number of urea groups is 1. The molecule has 6 heteroatoms. The molecule has 1 unspecified atom stereocenters. The molecule has 2 aliphatic heterocycles. The molecule has 106 valence electrons.